The zero-order valence-electron chi connectivity index (χ0n) is 14.7. The first kappa shape index (κ1) is 17.0. The fourth-order valence-electron chi connectivity index (χ4n) is 4.07. The third-order valence-electron chi connectivity index (χ3n) is 5.72. The molecule has 3 atom stereocenters. The standard InChI is InChI=1S/C18H34N2O/c1-18(2,3)15-8-9-17(21)14(11-15)12-20(5)16-7-6-10-19(4)13-16/h14-16H,6-13H2,1-5H3. The van der Waals surface area contributed by atoms with Crippen molar-refractivity contribution >= 4 is 5.78 Å². The molecule has 1 aliphatic carbocycles. The van der Waals surface area contributed by atoms with Crippen LogP contribution in [0.2, 0.25) is 0 Å². The van der Waals surface area contributed by atoms with E-state index in [1.54, 1.807) is 0 Å². The van der Waals surface area contributed by atoms with Crippen LogP contribution in [0.25, 0.3) is 0 Å². The van der Waals surface area contributed by atoms with Gasteiger partial charge in [0.05, 0.1) is 0 Å². The number of carbonyl (C=O) groups excluding carboxylic acids is 1. The average Bonchev–Trinajstić information content (AvgIpc) is 2.40. The van der Waals surface area contributed by atoms with Gasteiger partial charge in [0.1, 0.15) is 5.78 Å². The molecule has 1 saturated carbocycles. The van der Waals surface area contributed by atoms with Gasteiger partial charge in [0.25, 0.3) is 0 Å². The fourth-order valence-corrected chi connectivity index (χ4v) is 4.07. The molecule has 1 saturated heterocycles. The molecule has 3 nitrogen and oxygen atoms in total. The molecule has 0 bridgehead atoms. The maximum Gasteiger partial charge on any atom is 0.137 e. The van der Waals surface area contributed by atoms with Gasteiger partial charge in [-0.05, 0) is 57.7 Å². The first-order valence-corrected chi connectivity index (χ1v) is 8.69. The Morgan fingerprint density at radius 3 is 2.62 bits per heavy atom. The number of rotatable bonds is 3. The number of piperidine rings is 1. The van der Waals surface area contributed by atoms with E-state index >= 15 is 0 Å². The summed E-state index contributed by atoms with van der Waals surface area (Å²) in [5.74, 6) is 1.47. The fraction of sp³-hybridized carbons (Fsp3) is 0.944. The lowest BCUT2D eigenvalue weighted by molar-refractivity contribution is -0.127. The molecule has 0 N–H and O–H groups in total. The molecule has 2 fully saturated rings. The summed E-state index contributed by atoms with van der Waals surface area (Å²) in [6.45, 7) is 10.3. The molecule has 3 unspecified atom stereocenters. The van der Waals surface area contributed by atoms with E-state index in [-0.39, 0.29) is 5.92 Å². The Morgan fingerprint density at radius 2 is 2.00 bits per heavy atom. The second-order valence-electron chi connectivity index (χ2n) is 8.50. The minimum Gasteiger partial charge on any atom is -0.305 e. The van der Waals surface area contributed by atoms with Crippen molar-refractivity contribution in [2.45, 2.75) is 58.9 Å². The molecule has 2 aliphatic rings. The van der Waals surface area contributed by atoms with Gasteiger partial charge in [0.2, 0.25) is 0 Å². The molecule has 1 aliphatic heterocycles. The maximum absolute atomic E-state index is 12.3. The van der Waals surface area contributed by atoms with Crippen molar-refractivity contribution in [2.24, 2.45) is 17.3 Å². The van der Waals surface area contributed by atoms with Crippen molar-refractivity contribution < 1.29 is 4.79 Å². The largest absolute Gasteiger partial charge is 0.305 e. The predicted molar refractivity (Wildman–Crippen MR) is 88.4 cm³/mol. The van der Waals surface area contributed by atoms with Gasteiger partial charge in [-0.15, -0.1) is 0 Å². The zero-order valence-corrected chi connectivity index (χ0v) is 14.7. The molecule has 122 valence electrons. The van der Waals surface area contributed by atoms with E-state index in [0.717, 1.165) is 32.4 Å². The Labute approximate surface area is 131 Å². The van der Waals surface area contributed by atoms with Gasteiger partial charge < -0.3 is 9.80 Å². The van der Waals surface area contributed by atoms with E-state index in [2.05, 4.69) is 44.7 Å². The molecule has 0 radical (unpaired) electrons. The molecule has 1 heterocycles. The van der Waals surface area contributed by atoms with Crippen LogP contribution in [0.15, 0.2) is 0 Å². The highest BCUT2D eigenvalue weighted by atomic mass is 16.1. The number of Topliss-reactive ketones (excluding diaryl/α,β-unsaturated/α-hetero) is 1. The number of likely N-dealkylation sites (N-methyl/N-ethyl adjacent to an activating group) is 2. The predicted octanol–water partition coefficient (Wildman–Crippen LogP) is 3.04. The number of ketones is 1. The minimum absolute atomic E-state index is 0.264. The second kappa shape index (κ2) is 6.78. The van der Waals surface area contributed by atoms with E-state index in [9.17, 15) is 4.79 Å². The van der Waals surface area contributed by atoms with Gasteiger partial charge in [-0.1, -0.05) is 20.8 Å². The highest BCUT2D eigenvalue weighted by Crippen LogP contribution is 2.39. The van der Waals surface area contributed by atoms with E-state index in [4.69, 9.17) is 0 Å². The van der Waals surface area contributed by atoms with E-state index < -0.39 is 0 Å². The smallest absolute Gasteiger partial charge is 0.137 e. The van der Waals surface area contributed by atoms with Crippen molar-refractivity contribution in [3.05, 3.63) is 0 Å². The molecule has 0 spiro atoms. The van der Waals surface area contributed by atoms with Crippen LogP contribution in [0, 0.1) is 17.3 Å². The van der Waals surface area contributed by atoms with Crippen molar-refractivity contribution in [1.29, 1.82) is 0 Å². The van der Waals surface area contributed by atoms with Gasteiger partial charge in [0.15, 0.2) is 0 Å². The Morgan fingerprint density at radius 1 is 1.29 bits per heavy atom. The lowest BCUT2D eigenvalue weighted by Crippen LogP contribution is -2.48. The van der Waals surface area contributed by atoms with Crippen molar-refractivity contribution in [3.8, 4) is 0 Å². The highest BCUT2D eigenvalue weighted by Gasteiger charge is 2.36. The Kier molecular flexibility index (Phi) is 5.48. The summed E-state index contributed by atoms with van der Waals surface area (Å²) in [5.41, 5.74) is 0.336. The van der Waals surface area contributed by atoms with Gasteiger partial charge in [-0.3, -0.25) is 4.79 Å². The Hall–Kier alpha value is -0.410. The number of likely N-dealkylation sites (tertiary alicyclic amines) is 1. The summed E-state index contributed by atoms with van der Waals surface area (Å²) in [7, 11) is 4.43. The second-order valence-corrected chi connectivity index (χ2v) is 8.50. The molecule has 0 amide bonds. The summed E-state index contributed by atoms with van der Waals surface area (Å²) < 4.78 is 0. The maximum atomic E-state index is 12.3. The van der Waals surface area contributed by atoms with Crippen molar-refractivity contribution in [2.75, 3.05) is 33.7 Å². The molecule has 3 heteroatoms. The Bertz CT molecular complexity index is 361. The number of nitrogens with zero attached hydrogens (tertiary/aromatic N) is 2. The van der Waals surface area contributed by atoms with Crippen LogP contribution in [-0.2, 0) is 4.79 Å². The lowest BCUT2D eigenvalue weighted by Gasteiger charge is -2.41. The molecule has 0 aromatic carbocycles. The summed E-state index contributed by atoms with van der Waals surface area (Å²) in [5, 5.41) is 0. The van der Waals surface area contributed by atoms with Gasteiger partial charge in [-0.25, -0.2) is 0 Å². The van der Waals surface area contributed by atoms with Crippen LogP contribution in [-0.4, -0.2) is 55.4 Å². The molecule has 21 heavy (non-hydrogen) atoms. The van der Waals surface area contributed by atoms with Crippen LogP contribution < -0.4 is 0 Å². The molecule has 0 aromatic heterocycles. The number of hydrogen-bond donors (Lipinski definition) is 0. The molecular weight excluding hydrogens is 260 g/mol. The van der Waals surface area contributed by atoms with Gasteiger partial charge in [-0.2, -0.15) is 0 Å². The van der Waals surface area contributed by atoms with E-state index in [1.807, 2.05) is 0 Å². The van der Waals surface area contributed by atoms with E-state index in [0.29, 0.717) is 23.2 Å². The van der Waals surface area contributed by atoms with Crippen molar-refractivity contribution in [3.63, 3.8) is 0 Å². The SMILES string of the molecule is CN1CCCC(N(C)CC2CC(C(C)(C)C)CCC2=O)C1. The van der Waals surface area contributed by atoms with Crippen LogP contribution in [0.3, 0.4) is 0 Å². The number of hydrogen-bond acceptors (Lipinski definition) is 3. The third kappa shape index (κ3) is 4.53. The Balaban J connectivity index is 1.92. The first-order valence-electron chi connectivity index (χ1n) is 8.69. The third-order valence-corrected chi connectivity index (χ3v) is 5.72. The normalized spacial score (nSPS) is 32.7. The monoisotopic (exact) mass is 294 g/mol. The first-order chi connectivity index (χ1) is 9.77. The summed E-state index contributed by atoms with van der Waals surface area (Å²) in [4.78, 5) is 17.2. The minimum atomic E-state index is 0.264. The van der Waals surface area contributed by atoms with Crippen LogP contribution in [0.1, 0.15) is 52.9 Å². The summed E-state index contributed by atoms with van der Waals surface area (Å²) >= 11 is 0. The quantitative estimate of drug-likeness (QED) is 0.799. The van der Waals surface area contributed by atoms with Crippen LogP contribution in [0.4, 0.5) is 0 Å². The van der Waals surface area contributed by atoms with E-state index in [1.165, 1.54) is 19.4 Å². The van der Waals surface area contributed by atoms with Crippen LogP contribution in [0.5, 0.6) is 0 Å². The topological polar surface area (TPSA) is 23.6 Å². The summed E-state index contributed by atoms with van der Waals surface area (Å²) in [6.07, 6.45) is 5.55. The molecule has 0 aromatic rings. The lowest BCUT2D eigenvalue weighted by atomic mass is 9.68. The number of carbonyl (C=O) groups is 1. The summed E-state index contributed by atoms with van der Waals surface area (Å²) in [6, 6.07) is 0.631. The highest BCUT2D eigenvalue weighted by molar-refractivity contribution is 5.82. The molecule has 2 rings (SSSR count). The van der Waals surface area contributed by atoms with Crippen LogP contribution >= 0.6 is 0 Å². The molecular formula is C18H34N2O. The van der Waals surface area contributed by atoms with Gasteiger partial charge in [0, 0.05) is 31.5 Å². The van der Waals surface area contributed by atoms with Crippen molar-refractivity contribution in [1.82, 2.24) is 9.80 Å². The van der Waals surface area contributed by atoms with Gasteiger partial charge >= 0.3 is 0 Å². The average molecular weight is 294 g/mol. The zero-order chi connectivity index (χ0) is 15.6.